The van der Waals surface area contributed by atoms with Crippen LogP contribution in [-0.4, -0.2) is 64.3 Å². The van der Waals surface area contributed by atoms with Crippen LogP contribution in [0.4, 0.5) is 5.69 Å². The summed E-state index contributed by atoms with van der Waals surface area (Å²) >= 11 is 3.49. The number of carbonyl (C=O) groups is 1. The molecule has 1 aliphatic rings. The fourth-order valence-electron chi connectivity index (χ4n) is 3.24. The lowest BCUT2D eigenvalue weighted by Gasteiger charge is -2.36. The molecule has 9 heteroatoms. The van der Waals surface area contributed by atoms with Crippen molar-refractivity contribution < 1.29 is 9.53 Å². The summed E-state index contributed by atoms with van der Waals surface area (Å²) in [5, 5.41) is 11.2. The Balaban J connectivity index is 1.47. The highest BCUT2D eigenvalue weighted by molar-refractivity contribution is 9.10. The van der Waals surface area contributed by atoms with Crippen LogP contribution in [0.2, 0.25) is 0 Å². The Labute approximate surface area is 170 Å². The molecule has 1 aromatic heterocycles. The Morgan fingerprint density at radius 3 is 2.61 bits per heavy atom. The minimum Gasteiger partial charge on any atom is -0.497 e. The highest BCUT2D eigenvalue weighted by Gasteiger charge is 2.24. The SMILES string of the molecule is COc1cccc(N2CCN(C(=O)c3cc(-n4cnnn4)ccc3Br)CC2)c1. The molecule has 1 saturated heterocycles. The van der Waals surface area contributed by atoms with E-state index >= 15 is 0 Å². The van der Waals surface area contributed by atoms with Gasteiger partial charge in [0.2, 0.25) is 0 Å². The summed E-state index contributed by atoms with van der Waals surface area (Å²) in [5.74, 6) is 0.825. The summed E-state index contributed by atoms with van der Waals surface area (Å²) in [7, 11) is 1.66. The fraction of sp³-hybridized carbons (Fsp3) is 0.263. The molecule has 0 atom stereocenters. The van der Waals surface area contributed by atoms with Crippen molar-refractivity contribution >= 4 is 27.5 Å². The van der Waals surface area contributed by atoms with Crippen LogP contribution in [0.15, 0.2) is 53.3 Å². The van der Waals surface area contributed by atoms with Crippen LogP contribution >= 0.6 is 15.9 Å². The maximum Gasteiger partial charge on any atom is 0.255 e. The summed E-state index contributed by atoms with van der Waals surface area (Å²) in [4.78, 5) is 17.2. The van der Waals surface area contributed by atoms with Crippen LogP contribution < -0.4 is 9.64 Å². The van der Waals surface area contributed by atoms with Gasteiger partial charge in [0, 0.05) is 42.4 Å². The van der Waals surface area contributed by atoms with E-state index in [1.807, 2.05) is 35.2 Å². The van der Waals surface area contributed by atoms with Crippen molar-refractivity contribution in [3.8, 4) is 11.4 Å². The molecule has 8 nitrogen and oxygen atoms in total. The van der Waals surface area contributed by atoms with Gasteiger partial charge in [-0.25, -0.2) is 4.68 Å². The minimum atomic E-state index is -0.00732. The van der Waals surface area contributed by atoms with Gasteiger partial charge >= 0.3 is 0 Å². The quantitative estimate of drug-likeness (QED) is 0.617. The number of benzene rings is 2. The molecule has 1 aliphatic heterocycles. The molecular formula is C19H19BrN6O2. The summed E-state index contributed by atoms with van der Waals surface area (Å²) in [6, 6.07) is 13.5. The summed E-state index contributed by atoms with van der Waals surface area (Å²) < 4.78 is 7.59. The van der Waals surface area contributed by atoms with Crippen LogP contribution in [0, 0.1) is 0 Å². The molecule has 0 bridgehead atoms. The third kappa shape index (κ3) is 3.70. The molecule has 28 heavy (non-hydrogen) atoms. The average Bonchev–Trinajstić information content (AvgIpc) is 3.29. The fourth-order valence-corrected chi connectivity index (χ4v) is 3.66. The molecule has 3 aromatic rings. The maximum absolute atomic E-state index is 13.1. The number of rotatable bonds is 4. The standard InChI is InChI=1S/C19H19BrN6O2/c1-28-16-4-2-3-14(11-16)24-7-9-25(10-8-24)19(27)17-12-15(5-6-18(17)20)26-13-21-22-23-26/h2-6,11-13H,7-10H2,1H3. The summed E-state index contributed by atoms with van der Waals surface area (Å²) in [6.07, 6.45) is 1.50. The highest BCUT2D eigenvalue weighted by Crippen LogP contribution is 2.25. The van der Waals surface area contributed by atoms with E-state index < -0.39 is 0 Å². The smallest absolute Gasteiger partial charge is 0.255 e. The number of halogens is 1. The lowest BCUT2D eigenvalue weighted by atomic mass is 10.1. The van der Waals surface area contributed by atoms with Gasteiger partial charge in [-0.2, -0.15) is 0 Å². The van der Waals surface area contributed by atoms with Crippen LogP contribution in [0.5, 0.6) is 5.75 Å². The highest BCUT2D eigenvalue weighted by atomic mass is 79.9. The first-order valence-corrected chi connectivity index (χ1v) is 9.66. The number of anilines is 1. The molecular weight excluding hydrogens is 424 g/mol. The molecule has 0 N–H and O–H groups in total. The largest absolute Gasteiger partial charge is 0.497 e. The van der Waals surface area contributed by atoms with Crippen LogP contribution in [0.25, 0.3) is 5.69 Å². The molecule has 4 rings (SSSR count). The molecule has 0 aliphatic carbocycles. The number of aromatic nitrogens is 4. The number of hydrogen-bond acceptors (Lipinski definition) is 6. The van der Waals surface area contributed by atoms with E-state index in [-0.39, 0.29) is 5.91 Å². The van der Waals surface area contributed by atoms with E-state index in [1.54, 1.807) is 13.2 Å². The van der Waals surface area contributed by atoms with Gasteiger partial charge in [-0.1, -0.05) is 6.07 Å². The number of carbonyl (C=O) groups excluding carboxylic acids is 1. The molecule has 0 unspecified atom stereocenters. The first-order chi connectivity index (χ1) is 13.7. The zero-order valence-corrected chi connectivity index (χ0v) is 16.9. The summed E-state index contributed by atoms with van der Waals surface area (Å²) in [6.45, 7) is 2.83. The first kappa shape index (κ1) is 18.4. The topological polar surface area (TPSA) is 76.4 Å². The van der Waals surface area contributed by atoms with Crippen molar-refractivity contribution in [2.75, 3.05) is 38.2 Å². The van der Waals surface area contributed by atoms with E-state index in [1.165, 1.54) is 11.0 Å². The minimum absolute atomic E-state index is 0.00732. The number of tetrazole rings is 1. The van der Waals surface area contributed by atoms with Gasteiger partial charge in [-0.15, -0.1) is 5.10 Å². The second kappa shape index (κ2) is 7.97. The predicted octanol–water partition coefficient (Wildman–Crippen LogP) is 2.40. The van der Waals surface area contributed by atoms with Gasteiger partial charge < -0.3 is 14.5 Å². The van der Waals surface area contributed by atoms with Crippen molar-refractivity contribution in [3.63, 3.8) is 0 Å². The van der Waals surface area contributed by atoms with Gasteiger partial charge in [0.1, 0.15) is 12.1 Å². The van der Waals surface area contributed by atoms with Crippen LogP contribution in [0.3, 0.4) is 0 Å². The zero-order chi connectivity index (χ0) is 19.5. The zero-order valence-electron chi connectivity index (χ0n) is 15.3. The first-order valence-electron chi connectivity index (χ1n) is 8.87. The summed E-state index contributed by atoms with van der Waals surface area (Å²) in [5.41, 5.74) is 2.45. The van der Waals surface area contributed by atoms with E-state index in [9.17, 15) is 4.79 Å². The van der Waals surface area contributed by atoms with Crippen LogP contribution in [0.1, 0.15) is 10.4 Å². The Hall–Kier alpha value is -2.94. The van der Waals surface area contributed by atoms with Crippen molar-refractivity contribution in [1.82, 2.24) is 25.1 Å². The number of methoxy groups -OCH3 is 1. The van der Waals surface area contributed by atoms with E-state index in [0.717, 1.165) is 34.7 Å². The lowest BCUT2D eigenvalue weighted by Crippen LogP contribution is -2.48. The average molecular weight is 443 g/mol. The lowest BCUT2D eigenvalue weighted by molar-refractivity contribution is 0.0746. The molecule has 1 fully saturated rings. The van der Waals surface area contributed by atoms with Gasteiger partial charge in [0.25, 0.3) is 5.91 Å². The molecule has 144 valence electrons. The number of nitrogens with zero attached hydrogens (tertiary/aromatic N) is 6. The molecule has 2 heterocycles. The van der Waals surface area contributed by atoms with Gasteiger partial charge in [0.05, 0.1) is 18.4 Å². The Bertz CT molecular complexity index is 970. The van der Waals surface area contributed by atoms with Gasteiger partial charge in [-0.3, -0.25) is 4.79 Å². The Morgan fingerprint density at radius 2 is 1.89 bits per heavy atom. The van der Waals surface area contributed by atoms with E-state index in [4.69, 9.17) is 4.74 Å². The van der Waals surface area contributed by atoms with Gasteiger partial charge in [0.15, 0.2) is 0 Å². The monoisotopic (exact) mass is 442 g/mol. The maximum atomic E-state index is 13.1. The second-order valence-electron chi connectivity index (χ2n) is 6.40. The van der Waals surface area contributed by atoms with Crippen molar-refractivity contribution in [1.29, 1.82) is 0 Å². The molecule has 0 radical (unpaired) electrons. The second-order valence-corrected chi connectivity index (χ2v) is 7.25. The number of piperazine rings is 1. The van der Waals surface area contributed by atoms with Crippen LogP contribution in [-0.2, 0) is 0 Å². The Morgan fingerprint density at radius 1 is 1.07 bits per heavy atom. The molecule has 0 saturated carbocycles. The van der Waals surface area contributed by atoms with E-state index in [2.05, 4.69) is 42.4 Å². The number of ether oxygens (including phenoxy) is 1. The van der Waals surface area contributed by atoms with Gasteiger partial charge in [-0.05, 0) is 56.7 Å². The predicted molar refractivity (Wildman–Crippen MR) is 108 cm³/mol. The molecule has 1 amide bonds. The number of hydrogen-bond donors (Lipinski definition) is 0. The number of amides is 1. The molecule has 2 aromatic carbocycles. The van der Waals surface area contributed by atoms with E-state index in [0.29, 0.717) is 18.7 Å². The normalized spacial score (nSPS) is 14.2. The van der Waals surface area contributed by atoms with Crippen molar-refractivity contribution in [3.05, 3.63) is 58.8 Å². The third-order valence-electron chi connectivity index (χ3n) is 4.78. The molecule has 0 spiro atoms. The third-order valence-corrected chi connectivity index (χ3v) is 5.47. The van der Waals surface area contributed by atoms with Crippen molar-refractivity contribution in [2.24, 2.45) is 0 Å². The Kier molecular flexibility index (Phi) is 5.25. The van der Waals surface area contributed by atoms with Crippen molar-refractivity contribution in [2.45, 2.75) is 0 Å².